The minimum absolute atomic E-state index is 0.281. The van der Waals surface area contributed by atoms with Gasteiger partial charge in [-0.15, -0.1) is 0 Å². The number of aromatic nitrogens is 2. The Bertz CT molecular complexity index is 1160. The van der Waals surface area contributed by atoms with Gasteiger partial charge >= 0.3 is 0 Å². The lowest BCUT2D eigenvalue weighted by molar-refractivity contribution is -0.00126. The molecule has 1 amide bonds. The van der Waals surface area contributed by atoms with E-state index in [-0.39, 0.29) is 5.91 Å². The van der Waals surface area contributed by atoms with Crippen LogP contribution in [0.1, 0.15) is 37.2 Å². The number of carbonyl (C=O) groups excluding carboxylic acids is 1. The summed E-state index contributed by atoms with van der Waals surface area (Å²) >= 11 is 0. The number of nitrogens with one attached hydrogen (secondary N) is 1. The molecule has 1 aromatic heterocycles. The molecule has 0 spiro atoms. The summed E-state index contributed by atoms with van der Waals surface area (Å²) in [6.45, 7) is 4.66. The maximum Gasteiger partial charge on any atom is 0.290 e. The lowest BCUT2D eigenvalue weighted by atomic mass is 9.49. The molecule has 5 heteroatoms. The van der Waals surface area contributed by atoms with E-state index in [9.17, 15) is 4.79 Å². The highest BCUT2D eigenvalue weighted by molar-refractivity contribution is 5.95. The van der Waals surface area contributed by atoms with Crippen molar-refractivity contribution < 1.29 is 4.79 Å². The number of hydrazone groups is 1. The van der Waals surface area contributed by atoms with Gasteiger partial charge in [-0.05, 0) is 53.9 Å². The Labute approximate surface area is 182 Å². The van der Waals surface area contributed by atoms with Crippen LogP contribution in [0.25, 0.3) is 16.9 Å². The monoisotopic (exact) mass is 410 g/mol. The molecule has 3 aliphatic rings. The van der Waals surface area contributed by atoms with Gasteiger partial charge in [0, 0.05) is 5.56 Å². The van der Waals surface area contributed by atoms with Gasteiger partial charge in [0.15, 0.2) is 0 Å². The van der Waals surface area contributed by atoms with Crippen LogP contribution >= 0.6 is 0 Å². The zero-order chi connectivity index (χ0) is 21.4. The van der Waals surface area contributed by atoms with Crippen molar-refractivity contribution >= 4 is 12.1 Å². The number of para-hydroxylation sites is 1. The summed E-state index contributed by atoms with van der Waals surface area (Å²) < 4.78 is 1.67. The van der Waals surface area contributed by atoms with Crippen molar-refractivity contribution in [3.05, 3.63) is 84.1 Å². The van der Waals surface area contributed by atoms with Crippen LogP contribution in [-0.4, -0.2) is 21.9 Å². The highest BCUT2D eigenvalue weighted by Crippen LogP contribution is 2.58. The smallest absolute Gasteiger partial charge is 0.266 e. The standard InChI is InChI=1S/C26H26N4O/c1-26(2)20-14-13-19(22(26)15-20)17-27-28-25(31)24-16-23(18-9-5-3-6-10-18)29-30(24)21-11-7-4-8-12-21/h3-13,16-17,20,22H,14-15H2,1-2H3,(H,28,31)/b27-17-/t20-,22-/m0/s1. The molecule has 2 bridgehead atoms. The molecular weight excluding hydrogens is 384 g/mol. The van der Waals surface area contributed by atoms with E-state index in [1.165, 1.54) is 12.0 Å². The summed E-state index contributed by atoms with van der Waals surface area (Å²) in [5, 5.41) is 8.99. The van der Waals surface area contributed by atoms with Crippen molar-refractivity contribution in [1.82, 2.24) is 15.2 Å². The number of nitrogens with zero attached hydrogens (tertiary/aromatic N) is 3. The van der Waals surface area contributed by atoms with Crippen molar-refractivity contribution in [3.63, 3.8) is 0 Å². The number of carbonyl (C=O) groups is 1. The molecule has 1 heterocycles. The number of hydrogen-bond acceptors (Lipinski definition) is 3. The normalized spacial score (nSPS) is 21.4. The minimum atomic E-state index is -0.281. The van der Waals surface area contributed by atoms with Crippen molar-refractivity contribution in [1.29, 1.82) is 0 Å². The van der Waals surface area contributed by atoms with Gasteiger partial charge in [0.1, 0.15) is 5.69 Å². The van der Waals surface area contributed by atoms with Crippen molar-refractivity contribution in [2.45, 2.75) is 26.7 Å². The fourth-order valence-electron chi connectivity index (χ4n) is 4.83. The molecule has 1 fully saturated rings. The van der Waals surface area contributed by atoms with E-state index in [2.05, 4.69) is 30.5 Å². The van der Waals surface area contributed by atoms with Crippen LogP contribution < -0.4 is 5.43 Å². The van der Waals surface area contributed by atoms with E-state index >= 15 is 0 Å². The summed E-state index contributed by atoms with van der Waals surface area (Å²) in [6, 6.07) is 21.4. The molecule has 5 nitrogen and oxygen atoms in total. The molecule has 0 saturated heterocycles. The molecule has 1 N–H and O–H groups in total. The largest absolute Gasteiger partial charge is 0.290 e. The van der Waals surface area contributed by atoms with Gasteiger partial charge in [-0.1, -0.05) is 68.5 Å². The summed E-state index contributed by atoms with van der Waals surface area (Å²) in [4.78, 5) is 13.0. The molecule has 3 aromatic rings. The van der Waals surface area contributed by atoms with Crippen molar-refractivity contribution in [2.75, 3.05) is 0 Å². The average Bonchev–Trinajstić information content (AvgIpc) is 3.26. The SMILES string of the molecule is CC1(C)[C@H]2CC=C(/C=N\NC(=O)c3cc(-c4ccccc4)nn3-c3ccccc3)[C@@H]1C2. The number of benzene rings is 2. The number of rotatable bonds is 5. The first kappa shape index (κ1) is 19.5. The first-order valence-electron chi connectivity index (χ1n) is 10.8. The number of fused-ring (bicyclic) bond motifs is 1. The molecule has 1 saturated carbocycles. The van der Waals surface area contributed by atoms with Gasteiger partial charge in [-0.25, -0.2) is 10.1 Å². The lowest BCUT2D eigenvalue weighted by Gasteiger charge is -2.55. The average molecular weight is 411 g/mol. The second-order valence-corrected chi connectivity index (χ2v) is 8.97. The quantitative estimate of drug-likeness (QED) is 0.461. The second-order valence-electron chi connectivity index (χ2n) is 8.97. The predicted molar refractivity (Wildman–Crippen MR) is 123 cm³/mol. The number of hydrogen-bond donors (Lipinski definition) is 1. The van der Waals surface area contributed by atoms with Crippen LogP contribution in [-0.2, 0) is 0 Å². The Morgan fingerprint density at radius 2 is 1.84 bits per heavy atom. The second kappa shape index (κ2) is 7.65. The Morgan fingerprint density at radius 1 is 1.13 bits per heavy atom. The van der Waals surface area contributed by atoms with E-state index in [0.29, 0.717) is 17.0 Å². The summed E-state index contributed by atoms with van der Waals surface area (Å²) in [7, 11) is 0. The summed E-state index contributed by atoms with van der Waals surface area (Å²) in [5.74, 6) is 1.03. The molecular formula is C26H26N4O. The molecule has 2 aromatic carbocycles. The predicted octanol–water partition coefficient (Wildman–Crippen LogP) is 5.25. The highest BCUT2D eigenvalue weighted by atomic mass is 16.2. The van der Waals surface area contributed by atoms with Crippen LogP contribution in [0.4, 0.5) is 0 Å². The third-order valence-corrected chi connectivity index (χ3v) is 6.90. The van der Waals surface area contributed by atoms with Crippen molar-refractivity contribution in [3.8, 4) is 16.9 Å². The zero-order valence-corrected chi connectivity index (χ0v) is 17.8. The Hall–Kier alpha value is -3.47. The number of allylic oxidation sites excluding steroid dienone is 2. The first-order valence-corrected chi connectivity index (χ1v) is 10.8. The van der Waals surface area contributed by atoms with Crippen molar-refractivity contribution in [2.24, 2.45) is 22.4 Å². The van der Waals surface area contributed by atoms with Gasteiger partial charge in [0.05, 0.1) is 17.6 Å². The van der Waals surface area contributed by atoms with E-state index in [4.69, 9.17) is 5.10 Å². The summed E-state index contributed by atoms with van der Waals surface area (Å²) in [5.41, 5.74) is 7.26. The molecule has 3 aliphatic carbocycles. The van der Waals surface area contributed by atoms with Gasteiger partial charge in [0.2, 0.25) is 0 Å². The molecule has 0 radical (unpaired) electrons. The molecule has 0 aliphatic heterocycles. The molecule has 6 rings (SSSR count). The molecule has 156 valence electrons. The van der Waals surface area contributed by atoms with Gasteiger partial charge in [0.25, 0.3) is 5.91 Å². The molecule has 0 unspecified atom stereocenters. The van der Waals surface area contributed by atoms with Crippen LogP contribution in [0.2, 0.25) is 0 Å². The van der Waals surface area contributed by atoms with Crippen LogP contribution in [0.3, 0.4) is 0 Å². The first-order chi connectivity index (χ1) is 15.0. The highest BCUT2D eigenvalue weighted by Gasteiger charge is 2.50. The Morgan fingerprint density at radius 3 is 2.52 bits per heavy atom. The fraction of sp³-hybridized carbons (Fsp3) is 0.269. The van der Waals surface area contributed by atoms with Crippen LogP contribution in [0, 0.1) is 17.3 Å². The third kappa shape index (κ3) is 3.50. The maximum atomic E-state index is 13.0. The maximum absolute atomic E-state index is 13.0. The minimum Gasteiger partial charge on any atom is -0.266 e. The number of amides is 1. The zero-order valence-electron chi connectivity index (χ0n) is 17.8. The van der Waals surface area contributed by atoms with Gasteiger partial charge in [-0.3, -0.25) is 4.79 Å². The lowest BCUT2D eigenvalue weighted by Crippen LogP contribution is -2.48. The van der Waals surface area contributed by atoms with Crippen LogP contribution in [0.5, 0.6) is 0 Å². The van der Waals surface area contributed by atoms with Gasteiger partial charge < -0.3 is 0 Å². The molecule has 31 heavy (non-hydrogen) atoms. The van der Waals surface area contributed by atoms with E-state index in [1.54, 1.807) is 4.68 Å². The fourth-order valence-corrected chi connectivity index (χ4v) is 4.83. The van der Waals surface area contributed by atoms with E-state index in [1.807, 2.05) is 72.9 Å². The third-order valence-electron chi connectivity index (χ3n) is 6.90. The van der Waals surface area contributed by atoms with E-state index in [0.717, 1.165) is 29.3 Å². The molecule has 2 atom stereocenters. The Kier molecular flexibility index (Phi) is 4.81. The summed E-state index contributed by atoms with van der Waals surface area (Å²) in [6.07, 6.45) is 6.41. The van der Waals surface area contributed by atoms with Crippen LogP contribution in [0.15, 0.2) is 83.5 Å². The Balaban J connectivity index is 1.40. The van der Waals surface area contributed by atoms with E-state index < -0.39 is 0 Å². The topological polar surface area (TPSA) is 59.3 Å². The van der Waals surface area contributed by atoms with Gasteiger partial charge in [-0.2, -0.15) is 10.2 Å².